The molecule has 0 saturated heterocycles. The largest absolute Gasteiger partial charge is 0.306 e. The summed E-state index contributed by atoms with van der Waals surface area (Å²) in [4.78, 5) is 0. The molecule has 0 amide bonds. The first-order chi connectivity index (χ1) is 9.02. The quantitative estimate of drug-likeness (QED) is 0.587. The molecular formula is C13H11Br3FNS. The maximum absolute atomic E-state index is 13.5. The van der Waals surface area contributed by atoms with E-state index in [-0.39, 0.29) is 11.9 Å². The zero-order valence-corrected chi connectivity index (χ0v) is 15.6. The Balaban J connectivity index is 2.51. The first-order valence-corrected chi connectivity index (χ1v) is 8.85. The second kappa shape index (κ2) is 6.80. The van der Waals surface area contributed by atoms with Gasteiger partial charge < -0.3 is 5.32 Å². The molecule has 0 spiro atoms. The molecule has 1 unspecified atom stereocenters. The van der Waals surface area contributed by atoms with E-state index in [0.717, 1.165) is 29.7 Å². The smallest absolute Gasteiger partial charge is 0.123 e. The van der Waals surface area contributed by atoms with Crippen LogP contribution in [0.15, 0.2) is 36.3 Å². The summed E-state index contributed by atoms with van der Waals surface area (Å²) in [6, 6.07) is 6.76. The van der Waals surface area contributed by atoms with Gasteiger partial charge in [0.05, 0.1) is 13.6 Å². The predicted octanol–water partition coefficient (Wildman–Crippen LogP) is 5.87. The Bertz CT molecular complexity index is 585. The molecule has 1 heterocycles. The summed E-state index contributed by atoms with van der Waals surface area (Å²) in [7, 11) is 0. The number of hydrogen-bond acceptors (Lipinski definition) is 2. The molecule has 19 heavy (non-hydrogen) atoms. The van der Waals surface area contributed by atoms with Crippen LogP contribution >= 0.6 is 59.1 Å². The standard InChI is InChI=1S/C13H11Br3FNS/c1-2-18-12(9-6-11(15)19-13(9)16)8-5-7(17)3-4-10(8)14/h3-6,12,18H,2H2,1H3. The Morgan fingerprint density at radius 1 is 1.21 bits per heavy atom. The van der Waals surface area contributed by atoms with Crippen LogP contribution in [0.3, 0.4) is 0 Å². The molecule has 1 aromatic heterocycles. The minimum Gasteiger partial charge on any atom is -0.306 e. The summed E-state index contributed by atoms with van der Waals surface area (Å²) in [5.74, 6) is -0.230. The number of halogens is 4. The minimum absolute atomic E-state index is 0.0491. The van der Waals surface area contributed by atoms with Gasteiger partial charge >= 0.3 is 0 Å². The fraction of sp³-hybridized carbons (Fsp3) is 0.231. The second-order valence-electron chi connectivity index (χ2n) is 3.94. The second-order valence-corrected chi connectivity index (χ2v) is 8.54. The van der Waals surface area contributed by atoms with Crippen LogP contribution < -0.4 is 5.32 Å². The van der Waals surface area contributed by atoms with E-state index in [1.807, 2.05) is 6.92 Å². The van der Waals surface area contributed by atoms with Gasteiger partial charge in [0.1, 0.15) is 5.82 Å². The molecule has 1 atom stereocenters. The van der Waals surface area contributed by atoms with Gasteiger partial charge in [-0.05, 0) is 73.8 Å². The average Bonchev–Trinajstić information content (AvgIpc) is 2.69. The molecule has 0 bridgehead atoms. The number of hydrogen-bond donors (Lipinski definition) is 1. The van der Waals surface area contributed by atoms with Crippen molar-refractivity contribution in [3.8, 4) is 0 Å². The van der Waals surface area contributed by atoms with E-state index in [0.29, 0.717) is 0 Å². The molecule has 0 aliphatic rings. The van der Waals surface area contributed by atoms with E-state index in [1.54, 1.807) is 23.5 Å². The van der Waals surface area contributed by atoms with Gasteiger partial charge in [-0.15, -0.1) is 11.3 Å². The molecule has 0 aliphatic heterocycles. The van der Waals surface area contributed by atoms with Gasteiger partial charge in [0.2, 0.25) is 0 Å². The normalized spacial score (nSPS) is 12.7. The lowest BCUT2D eigenvalue weighted by molar-refractivity contribution is 0.601. The first kappa shape index (κ1) is 15.6. The van der Waals surface area contributed by atoms with Crippen LogP contribution in [0, 0.1) is 5.82 Å². The van der Waals surface area contributed by atoms with Gasteiger partial charge in [-0.2, -0.15) is 0 Å². The van der Waals surface area contributed by atoms with Gasteiger partial charge in [-0.3, -0.25) is 0 Å². The molecule has 2 rings (SSSR count). The number of nitrogens with one attached hydrogen (secondary N) is 1. The van der Waals surface area contributed by atoms with E-state index in [4.69, 9.17) is 0 Å². The van der Waals surface area contributed by atoms with Crippen LogP contribution in [0.2, 0.25) is 0 Å². The third-order valence-electron chi connectivity index (χ3n) is 2.67. The van der Waals surface area contributed by atoms with Crippen molar-refractivity contribution in [1.82, 2.24) is 5.32 Å². The average molecular weight is 472 g/mol. The maximum atomic E-state index is 13.5. The Hall–Kier alpha value is 0.250. The zero-order chi connectivity index (χ0) is 14.0. The number of thiophene rings is 1. The molecule has 102 valence electrons. The van der Waals surface area contributed by atoms with E-state index in [9.17, 15) is 4.39 Å². The minimum atomic E-state index is -0.230. The third-order valence-corrected chi connectivity index (χ3v) is 5.78. The van der Waals surface area contributed by atoms with Crippen molar-refractivity contribution >= 4 is 59.1 Å². The van der Waals surface area contributed by atoms with Crippen LogP contribution in [0.25, 0.3) is 0 Å². The lowest BCUT2D eigenvalue weighted by Gasteiger charge is -2.19. The van der Waals surface area contributed by atoms with Gasteiger partial charge in [0, 0.05) is 4.47 Å². The number of rotatable bonds is 4. The Kier molecular flexibility index (Phi) is 5.60. The fourth-order valence-corrected chi connectivity index (χ4v) is 5.25. The molecule has 0 saturated carbocycles. The number of benzene rings is 1. The van der Waals surface area contributed by atoms with Crippen molar-refractivity contribution < 1.29 is 4.39 Å². The molecule has 1 aromatic carbocycles. The maximum Gasteiger partial charge on any atom is 0.123 e. The molecule has 0 fully saturated rings. The van der Waals surface area contributed by atoms with Crippen molar-refractivity contribution in [3.05, 3.63) is 53.3 Å². The van der Waals surface area contributed by atoms with Crippen molar-refractivity contribution in [2.24, 2.45) is 0 Å². The van der Waals surface area contributed by atoms with Gasteiger partial charge in [0.15, 0.2) is 0 Å². The fourth-order valence-electron chi connectivity index (χ4n) is 1.88. The van der Waals surface area contributed by atoms with E-state index in [1.165, 1.54) is 6.07 Å². The Morgan fingerprint density at radius 2 is 1.95 bits per heavy atom. The molecule has 1 nitrogen and oxygen atoms in total. The van der Waals surface area contributed by atoms with Crippen LogP contribution in [-0.4, -0.2) is 6.54 Å². The zero-order valence-electron chi connectivity index (χ0n) is 10.0. The van der Waals surface area contributed by atoms with Crippen LogP contribution in [-0.2, 0) is 0 Å². The summed E-state index contributed by atoms with van der Waals surface area (Å²) in [5, 5.41) is 3.40. The predicted molar refractivity (Wildman–Crippen MR) is 89.3 cm³/mol. The van der Waals surface area contributed by atoms with Gasteiger partial charge in [0.25, 0.3) is 0 Å². The van der Waals surface area contributed by atoms with Crippen molar-refractivity contribution in [1.29, 1.82) is 0 Å². The lowest BCUT2D eigenvalue weighted by atomic mass is 10.0. The van der Waals surface area contributed by atoms with Crippen molar-refractivity contribution in [2.45, 2.75) is 13.0 Å². The third kappa shape index (κ3) is 3.67. The van der Waals surface area contributed by atoms with E-state index >= 15 is 0 Å². The van der Waals surface area contributed by atoms with E-state index < -0.39 is 0 Å². The topological polar surface area (TPSA) is 12.0 Å². The van der Waals surface area contributed by atoms with Gasteiger partial charge in [-0.1, -0.05) is 22.9 Å². The molecule has 0 aliphatic carbocycles. The molecule has 1 N–H and O–H groups in total. The van der Waals surface area contributed by atoms with Crippen molar-refractivity contribution in [3.63, 3.8) is 0 Å². The highest BCUT2D eigenvalue weighted by Gasteiger charge is 2.21. The van der Waals surface area contributed by atoms with Crippen LogP contribution in [0.1, 0.15) is 24.1 Å². The highest BCUT2D eigenvalue weighted by molar-refractivity contribution is 9.12. The summed E-state index contributed by atoms with van der Waals surface area (Å²) < 4.78 is 16.5. The lowest BCUT2D eigenvalue weighted by Crippen LogP contribution is -2.22. The Morgan fingerprint density at radius 3 is 2.53 bits per heavy atom. The molecule has 6 heteroatoms. The molecular weight excluding hydrogens is 461 g/mol. The highest BCUT2D eigenvalue weighted by Crippen LogP contribution is 2.39. The van der Waals surface area contributed by atoms with Crippen LogP contribution in [0.5, 0.6) is 0 Å². The van der Waals surface area contributed by atoms with E-state index in [2.05, 4.69) is 59.2 Å². The van der Waals surface area contributed by atoms with Crippen molar-refractivity contribution in [2.75, 3.05) is 6.54 Å². The monoisotopic (exact) mass is 469 g/mol. The SMILES string of the molecule is CCNC(c1cc(F)ccc1Br)c1cc(Br)sc1Br. The Labute approximate surface area is 141 Å². The molecule has 0 radical (unpaired) electrons. The summed E-state index contributed by atoms with van der Waals surface area (Å²) in [5.41, 5.74) is 2.00. The summed E-state index contributed by atoms with van der Waals surface area (Å²) in [6.07, 6.45) is 0. The summed E-state index contributed by atoms with van der Waals surface area (Å²) in [6.45, 7) is 2.84. The van der Waals surface area contributed by atoms with Crippen LogP contribution in [0.4, 0.5) is 4.39 Å². The highest BCUT2D eigenvalue weighted by atomic mass is 79.9. The van der Waals surface area contributed by atoms with Gasteiger partial charge in [-0.25, -0.2) is 4.39 Å². The summed E-state index contributed by atoms with van der Waals surface area (Å²) >= 11 is 12.2. The molecule has 2 aromatic rings. The first-order valence-electron chi connectivity index (χ1n) is 5.66.